The van der Waals surface area contributed by atoms with Crippen molar-refractivity contribution in [1.82, 2.24) is 0 Å². The zero-order chi connectivity index (χ0) is 16.1. The van der Waals surface area contributed by atoms with Crippen LogP contribution in [0.5, 0.6) is 0 Å². The fourth-order valence-corrected chi connectivity index (χ4v) is 2.83. The molecule has 3 heteroatoms. The Kier molecular flexibility index (Phi) is 5.27. The third-order valence-electron chi connectivity index (χ3n) is 3.72. The topological polar surface area (TPSA) is 12.0 Å². The molecule has 0 aromatic heterocycles. The third kappa shape index (κ3) is 4.54. The first kappa shape index (κ1) is 16.0. The van der Waals surface area contributed by atoms with E-state index in [0.717, 1.165) is 28.6 Å². The molecule has 0 saturated heterocycles. The van der Waals surface area contributed by atoms with Crippen LogP contribution in [0.15, 0.2) is 77.7 Å². The lowest BCUT2D eigenvalue weighted by atomic mass is 10.0. The molecule has 0 aliphatic heterocycles. The van der Waals surface area contributed by atoms with Crippen molar-refractivity contribution in [3.63, 3.8) is 0 Å². The summed E-state index contributed by atoms with van der Waals surface area (Å²) >= 11 is 10.5. The van der Waals surface area contributed by atoms with Gasteiger partial charge in [0.25, 0.3) is 0 Å². The van der Waals surface area contributed by atoms with E-state index in [1.54, 1.807) is 0 Å². The van der Waals surface area contributed by atoms with E-state index in [-0.39, 0.29) is 0 Å². The lowest BCUT2D eigenvalue weighted by Crippen LogP contribution is -2.01. The lowest BCUT2D eigenvalue weighted by molar-refractivity contribution is 1.07. The first-order chi connectivity index (χ1) is 11.2. The van der Waals surface area contributed by atoms with Crippen LogP contribution in [0.3, 0.4) is 0 Å². The molecule has 1 N–H and O–H groups in total. The molecular weight excluding hydrogens is 322 g/mol. The van der Waals surface area contributed by atoms with Gasteiger partial charge in [-0.25, -0.2) is 0 Å². The number of anilines is 1. The summed E-state index contributed by atoms with van der Waals surface area (Å²) in [6.45, 7) is 0.761. The van der Waals surface area contributed by atoms with Gasteiger partial charge in [-0.05, 0) is 53.4 Å². The first-order valence-corrected chi connectivity index (χ1v) is 8.37. The van der Waals surface area contributed by atoms with Gasteiger partial charge < -0.3 is 5.32 Å². The van der Waals surface area contributed by atoms with Gasteiger partial charge >= 0.3 is 0 Å². The molecule has 3 aromatic carbocycles. The van der Waals surface area contributed by atoms with Crippen molar-refractivity contribution < 1.29 is 0 Å². The van der Waals surface area contributed by atoms with E-state index in [2.05, 4.69) is 60.4 Å². The molecule has 1 nitrogen and oxygen atoms in total. The summed E-state index contributed by atoms with van der Waals surface area (Å²) in [5.74, 6) is 0. The fourth-order valence-electron chi connectivity index (χ4n) is 2.48. The van der Waals surface area contributed by atoms with Gasteiger partial charge in [0.05, 0.1) is 0 Å². The Labute approximate surface area is 147 Å². The first-order valence-electron chi connectivity index (χ1n) is 7.55. The fraction of sp³-hybridized carbons (Fsp3) is 0.100. The van der Waals surface area contributed by atoms with Gasteiger partial charge in [-0.3, -0.25) is 0 Å². The molecule has 0 amide bonds. The molecule has 0 atom stereocenters. The maximum Gasteiger partial charge on any atom is 0.0411 e. The predicted octanol–water partition coefficient (Wildman–Crippen LogP) is 5.83. The molecule has 0 fully saturated rings. The van der Waals surface area contributed by atoms with Gasteiger partial charge in [0.15, 0.2) is 0 Å². The smallest absolute Gasteiger partial charge is 0.0411 e. The van der Waals surface area contributed by atoms with Crippen molar-refractivity contribution in [2.24, 2.45) is 0 Å². The Morgan fingerprint density at radius 2 is 1.52 bits per heavy atom. The van der Waals surface area contributed by atoms with Gasteiger partial charge in [-0.2, -0.15) is 0 Å². The van der Waals surface area contributed by atoms with Gasteiger partial charge in [0.1, 0.15) is 0 Å². The Bertz CT molecular complexity index is 769. The molecule has 0 radical (unpaired) electrons. The molecule has 23 heavy (non-hydrogen) atoms. The lowest BCUT2D eigenvalue weighted by Gasteiger charge is -2.11. The highest BCUT2D eigenvalue weighted by Crippen LogP contribution is 2.20. The average molecular weight is 340 g/mol. The van der Waals surface area contributed by atoms with E-state index < -0.39 is 0 Å². The summed E-state index contributed by atoms with van der Waals surface area (Å²) < 4.78 is 0. The number of hydrogen-bond acceptors (Lipinski definition) is 2. The second-order valence-electron chi connectivity index (χ2n) is 5.49. The van der Waals surface area contributed by atoms with Gasteiger partial charge in [-0.1, -0.05) is 54.1 Å². The van der Waals surface area contributed by atoms with Crippen LogP contribution in [-0.2, 0) is 13.0 Å². The molecule has 0 bridgehead atoms. The number of rotatable bonds is 5. The highest BCUT2D eigenvalue weighted by molar-refractivity contribution is 7.80. The van der Waals surface area contributed by atoms with Crippen molar-refractivity contribution in [3.05, 3.63) is 94.5 Å². The van der Waals surface area contributed by atoms with Crippen LogP contribution in [0.2, 0.25) is 5.02 Å². The summed E-state index contributed by atoms with van der Waals surface area (Å²) in [6.07, 6.45) is 0.892. The summed E-state index contributed by atoms with van der Waals surface area (Å²) in [4.78, 5) is 1.01. The van der Waals surface area contributed by atoms with Crippen molar-refractivity contribution in [2.45, 2.75) is 17.9 Å². The van der Waals surface area contributed by atoms with Crippen LogP contribution in [-0.4, -0.2) is 0 Å². The molecule has 0 heterocycles. The maximum atomic E-state index is 5.94. The molecule has 116 valence electrons. The van der Waals surface area contributed by atoms with Crippen LogP contribution in [0, 0.1) is 0 Å². The molecule has 0 spiro atoms. The minimum absolute atomic E-state index is 0.761. The van der Waals surface area contributed by atoms with Crippen molar-refractivity contribution in [3.8, 4) is 0 Å². The van der Waals surface area contributed by atoms with Crippen molar-refractivity contribution in [1.29, 1.82) is 0 Å². The summed E-state index contributed by atoms with van der Waals surface area (Å²) in [6, 6.07) is 24.6. The molecule has 0 unspecified atom stereocenters. The Balaban J connectivity index is 1.72. The van der Waals surface area contributed by atoms with E-state index in [1.165, 1.54) is 16.7 Å². The van der Waals surface area contributed by atoms with Crippen LogP contribution < -0.4 is 5.32 Å². The SMILES string of the molecule is Sc1ccc(Cc2ccc(Cl)cc2)cc1CNc1ccccc1. The molecule has 3 rings (SSSR count). The Hall–Kier alpha value is -1.90. The minimum Gasteiger partial charge on any atom is -0.381 e. The van der Waals surface area contributed by atoms with E-state index in [0.29, 0.717) is 0 Å². The van der Waals surface area contributed by atoms with Crippen LogP contribution in [0.1, 0.15) is 16.7 Å². The highest BCUT2D eigenvalue weighted by atomic mass is 35.5. The van der Waals surface area contributed by atoms with Crippen molar-refractivity contribution >= 4 is 29.9 Å². The zero-order valence-corrected chi connectivity index (χ0v) is 14.3. The summed E-state index contributed by atoms with van der Waals surface area (Å²) in [5.41, 5.74) is 4.84. The second kappa shape index (κ2) is 7.58. The predicted molar refractivity (Wildman–Crippen MR) is 102 cm³/mol. The summed E-state index contributed by atoms with van der Waals surface area (Å²) in [7, 11) is 0. The van der Waals surface area contributed by atoms with Crippen LogP contribution in [0.25, 0.3) is 0 Å². The number of hydrogen-bond donors (Lipinski definition) is 2. The van der Waals surface area contributed by atoms with Crippen molar-refractivity contribution in [2.75, 3.05) is 5.32 Å². The number of benzene rings is 3. The Morgan fingerprint density at radius 3 is 2.26 bits per heavy atom. The average Bonchev–Trinajstić information content (AvgIpc) is 2.58. The van der Waals surface area contributed by atoms with E-state index in [4.69, 9.17) is 11.6 Å². The monoisotopic (exact) mass is 339 g/mol. The van der Waals surface area contributed by atoms with E-state index in [1.807, 2.05) is 30.3 Å². The van der Waals surface area contributed by atoms with Crippen LogP contribution in [0.4, 0.5) is 5.69 Å². The summed E-state index contributed by atoms with van der Waals surface area (Å²) in [5, 5.41) is 4.20. The molecule has 3 aromatic rings. The molecular formula is C20H18ClNS. The quantitative estimate of drug-likeness (QED) is 0.557. The highest BCUT2D eigenvalue weighted by Gasteiger charge is 2.03. The van der Waals surface area contributed by atoms with E-state index >= 15 is 0 Å². The van der Waals surface area contributed by atoms with Gasteiger partial charge in [-0.15, -0.1) is 12.6 Å². The normalized spacial score (nSPS) is 10.5. The van der Waals surface area contributed by atoms with Gasteiger partial charge in [0.2, 0.25) is 0 Å². The zero-order valence-electron chi connectivity index (χ0n) is 12.7. The number of nitrogens with one attached hydrogen (secondary N) is 1. The van der Waals surface area contributed by atoms with Crippen LogP contribution >= 0.6 is 24.2 Å². The standard InChI is InChI=1S/C20H18ClNS/c21-18-9-6-15(7-10-18)12-16-8-11-20(23)17(13-16)14-22-19-4-2-1-3-5-19/h1-11,13,22-23H,12,14H2. The number of halogens is 1. The number of thiol groups is 1. The molecule has 0 aliphatic rings. The second-order valence-corrected chi connectivity index (χ2v) is 6.40. The van der Waals surface area contributed by atoms with Gasteiger partial charge in [0, 0.05) is 22.2 Å². The Morgan fingerprint density at radius 1 is 0.826 bits per heavy atom. The number of para-hydroxylation sites is 1. The molecule has 0 saturated carbocycles. The third-order valence-corrected chi connectivity index (χ3v) is 4.41. The largest absolute Gasteiger partial charge is 0.381 e. The molecule has 0 aliphatic carbocycles. The maximum absolute atomic E-state index is 5.94. The minimum atomic E-state index is 0.761. The van der Waals surface area contributed by atoms with E-state index in [9.17, 15) is 0 Å².